The average Bonchev–Trinajstić information content (AvgIpc) is 2.21. The van der Waals surface area contributed by atoms with Crippen molar-refractivity contribution in [2.75, 3.05) is 6.54 Å². The van der Waals surface area contributed by atoms with Crippen molar-refractivity contribution in [2.45, 2.75) is 58.8 Å². The molecule has 0 saturated heterocycles. The molecule has 0 radical (unpaired) electrons. The fourth-order valence-electron chi connectivity index (χ4n) is 1.94. The fraction of sp³-hybridized carbons (Fsp3) is 0.857. The van der Waals surface area contributed by atoms with Gasteiger partial charge in [0.2, 0.25) is 8.32 Å². The van der Waals surface area contributed by atoms with Gasteiger partial charge in [0, 0.05) is 13.0 Å². The number of hydrogen-bond acceptors (Lipinski definition) is 4. The first kappa shape index (κ1) is 20.2. The summed E-state index contributed by atoms with van der Waals surface area (Å²) >= 11 is 5.58. The maximum Gasteiger partial charge on any atom is 0.408 e. The molecule has 2 unspecified atom stereocenters. The van der Waals surface area contributed by atoms with E-state index < -0.39 is 20.0 Å². The lowest BCUT2D eigenvalue weighted by Gasteiger charge is -2.22. The standard InChI is InChI=1S/C14H28ClNO4Si/c1-10(2)7-12(8-13(17)20-21(4,5)6)9-16-14(18)19-11(3)15/h10-12H,7-9H2,1-6H3,(H,16,18). The summed E-state index contributed by atoms with van der Waals surface area (Å²) in [6.45, 7) is 12.0. The van der Waals surface area contributed by atoms with E-state index in [0.717, 1.165) is 6.42 Å². The number of carbonyl (C=O) groups is 2. The SMILES string of the molecule is CC(C)CC(CNC(=O)OC(C)Cl)CC(=O)O[Si](C)(C)C. The molecule has 0 fully saturated rings. The molecule has 124 valence electrons. The van der Waals surface area contributed by atoms with Gasteiger partial charge in [0.25, 0.3) is 5.97 Å². The number of rotatable bonds is 8. The Balaban J connectivity index is 4.38. The van der Waals surface area contributed by atoms with Gasteiger partial charge in [0.1, 0.15) is 0 Å². The van der Waals surface area contributed by atoms with Gasteiger partial charge in [0.15, 0.2) is 5.56 Å². The smallest absolute Gasteiger partial charge is 0.408 e. The highest BCUT2D eigenvalue weighted by Gasteiger charge is 2.23. The minimum atomic E-state index is -1.87. The second-order valence-electron chi connectivity index (χ2n) is 6.62. The second kappa shape index (κ2) is 9.30. The highest BCUT2D eigenvalue weighted by molar-refractivity contribution is 6.71. The molecule has 21 heavy (non-hydrogen) atoms. The lowest BCUT2D eigenvalue weighted by Crippen LogP contribution is -2.35. The molecule has 0 spiro atoms. The molecular formula is C14H28ClNO4Si. The number of amides is 1. The van der Waals surface area contributed by atoms with Crippen LogP contribution in [-0.4, -0.2) is 32.5 Å². The van der Waals surface area contributed by atoms with Gasteiger partial charge >= 0.3 is 6.09 Å². The largest absolute Gasteiger partial charge is 0.520 e. The van der Waals surface area contributed by atoms with E-state index in [2.05, 4.69) is 19.2 Å². The second-order valence-corrected chi connectivity index (χ2v) is 11.7. The Morgan fingerprint density at radius 2 is 1.76 bits per heavy atom. The number of carbonyl (C=O) groups excluding carboxylic acids is 2. The third-order valence-electron chi connectivity index (χ3n) is 2.48. The van der Waals surface area contributed by atoms with Crippen molar-refractivity contribution >= 4 is 32.0 Å². The number of ether oxygens (including phenoxy) is 1. The van der Waals surface area contributed by atoms with Crippen LogP contribution in [0.25, 0.3) is 0 Å². The van der Waals surface area contributed by atoms with Gasteiger partial charge < -0.3 is 14.5 Å². The maximum atomic E-state index is 11.9. The fourth-order valence-corrected chi connectivity index (χ4v) is 2.79. The van der Waals surface area contributed by atoms with Crippen LogP contribution < -0.4 is 5.32 Å². The number of halogens is 1. The highest BCUT2D eigenvalue weighted by atomic mass is 35.5. The Morgan fingerprint density at radius 3 is 2.19 bits per heavy atom. The van der Waals surface area contributed by atoms with Crippen LogP contribution in [0.5, 0.6) is 0 Å². The van der Waals surface area contributed by atoms with E-state index in [1.165, 1.54) is 0 Å². The number of hydrogen-bond donors (Lipinski definition) is 1. The van der Waals surface area contributed by atoms with E-state index in [0.29, 0.717) is 18.9 Å². The summed E-state index contributed by atoms with van der Waals surface area (Å²) < 4.78 is 10.3. The Hall–Kier alpha value is -0.753. The molecule has 0 aliphatic carbocycles. The lowest BCUT2D eigenvalue weighted by molar-refractivity contribution is -0.136. The summed E-state index contributed by atoms with van der Waals surface area (Å²) in [6.07, 6.45) is 0.571. The monoisotopic (exact) mass is 337 g/mol. The number of nitrogens with one attached hydrogen (secondary N) is 1. The van der Waals surface area contributed by atoms with Crippen LogP contribution in [0.2, 0.25) is 19.6 Å². The quantitative estimate of drug-likeness (QED) is 0.541. The van der Waals surface area contributed by atoms with Crippen LogP contribution in [0.15, 0.2) is 0 Å². The first-order chi connectivity index (χ1) is 9.49. The maximum absolute atomic E-state index is 11.9. The van der Waals surface area contributed by atoms with Crippen molar-refractivity contribution in [2.24, 2.45) is 11.8 Å². The Labute approximate surface area is 133 Å². The lowest BCUT2D eigenvalue weighted by atomic mass is 9.94. The summed E-state index contributed by atoms with van der Waals surface area (Å²) in [5.74, 6) is 0.271. The van der Waals surface area contributed by atoms with E-state index in [1.807, 2.05) is 19.6 Å². The zero-order chi connectivity index (χ0) is 16.6. The van der Waals surface area contributed by atoms with Gasteiger partial charge in [0.05, 0.1) is 0 Å². The van der Waals surface area contributed by atoms with Crippen LogP contribution in [0.1, 0.15) is 33.6 Å². The van der Waals surface area contributed by atoms with Crippen molar-refractivity contribution in [1.82, 2.24) is 5.32 Å². The van der Waals surface area contributed by atoms with Crippen molar-refractivity contribution < 1.29 is 18.8 Å². The predicted molar refractivity (Wildman–Crippen MR) is 86.8 cm³/mol. The molecule has 0 rings (SSSR count). The van der Waals surface area contributed by atoms with Gasteiger partial charge in [-0.3, -0.25) is 4.79 Å². The minimum absolute atomic E-state index is 0.0343. The van der Waals surface area contributed by atoms with Gasteiger partial charge in [-0.1, -0.05) is 25.4 Å². The van der Waals surface area contributed by atoms with Crippen LogP contribution in [0.4, 0.5) is 4.79 Å². The van der Waals surface area contributed by atoms with Crippen LogP contribution >= 0.6 is 11.6 Å². The molecule has 0 aromatic heterocycles. The van der Waals surface area contributed by atoms with Crippen LogP contribution in [0.3, 0.4) is 0 Å². The molecule has 1 N–H and O–H groups in total. The van der Waals surface area contributed by atoms with Crippen LogP contribution in [0, 0.1) is 11.8 Å². The van der Waals surface area contributed by atoms with Gasteiger partial charge in [-0.2, -0.15) is 0 Å². The topological polar surface area (TPSA) is 64.6 Å². The molecule has 1 amide bonds. The van der Waals surface area contributed by atoms with Crippen LogP contribution in [-0.2, 0) is 14.0 Å². The minimum Gasteiger partial charge on any atom is -0.520 e. The third-order valence-corrected chi connectivity index (χ3v) is 3.41. The van der Waals surface area contributed by atoms with E-state index in [4.69, 9.17) is 20.8 Å². The molecule has 7 heteroatoms. The van der Waals surface area contributed by atoms with Gasteiger partial charge in [-0.25, -0.2) is 4.79 Å². The van der Waals surface area contributed by atoms with Crippen molar-refractivity contribution in [3.63, 3.8) is 0 Å². The normalized spacial score (nSPS) is 14.5. The van der Waals surface area contributed by atoms with E-state index in [9.17, 15) is 9.59 Å². The Bertz CT molecular complexity index is 342. The molecule has 0 aliphatic rings. The summed E-state index contributed by atoms with van der Waals surface area (Å²) in [5, 5.41) is 2.65. The summed E-state index contributed by atoms with van der Waals surface area (Å²) in [4.78, 5) is 23.4. The zero-order valence-electron chi connectivity index (χ0n) is 13.9. The zero-order valence-corrected chi connectivity index (χ0v) is 15.6. The molecule has 5 nitrogen and oxygen atoms in total. The van der Waals surface area contributed by atoms with Gasteiger partial charge in [-0.15, -0.1) is 0 Å². The number of alkyl halides is 1. The highest BCUT2D eigenvalue weighted by Crippen LogP contribution is 2.17. The van der Waals surface area contributed by atoms with Crippen molar-refractivity contribution in [1.29, 1.82) is 0 Å². The Kier molecular flexibility index (Phi) is 8.97. The summed E-state index contributed by atoms with van der Waals surface area (Å²) in [6, 6.07) is 0. The van der Waals surface area contributed by atoms with E-state index >= 15 is 0 Å². The molecule has 0 aliphatic heterocycles. The molecule has 0 aromatic rings. The molecule has 2 atom stereocenters. The van der Waals surface area contributed by atoms with E-state index in [1.54, 1.807) is 6.92 Å². The van der Waals surface area contributed by atoms with Crippen molar-refractivity contribution in [3.8, 4) is 0 Å². The molecule has 0 heterocycles. The van der Waals surface area contributed by atoms with E-state index in [-0.39, 0.29) is 11.9 Å². The average molecular weight is 338 g/mol. The summed E-state index contributed by atoms with van der Waals surface area (Å²) in [5.41, 5.74) is -0.676. The molecule has 0 bridgehead atoms. The van der Waals surface area contributed by atoms with Gasteiger partial charge in [-0.05, 0) is 44.8 Å². The first-order valence-electron chi connectivity index (χ1n) is 7.30. The van der Waals surface area contributed by atoms with Crippen molar-refractivity contribution in [3.05, 3.63) is 0 Å². The predicted octanol–water partition coefficient (Wildman–Crippen LogP) is 3.73. The first-order valence-corrected chi connectivity index (χ1v) is 11.1. The third kappa shape index (κ3) is 12.7. The molecule has 0 aromatic carbocycles. The Morgan fingerprint density at radius 1 is 1.19 bits per heavy atom. The molecule has 0 saturated carbocycles. The number of alkyl carbamates (subject to hydrolysis) is 1. The summed E-state index contributed by atoms with van der Waals surface area (Å²) in [7, 11) is -1.87. The molecular weight excluding hydrogens is 310 g/mol.